The molecule has 2 heterocycles. The molecule has 8 heteroatoms. The Morgan fingerprint density at radius 1 is 0.879 bits per heavy atom. The van der Waals surface area contributed by atoms with Crippen molar-refractivity contribution in [3.05, 3.63) is 71.5 Å². The first kappa shape index (κ1) is 21.2. The monoisotopic (exact) mass is 442 g/mol. The molecule has 7 N–H and O–H groups in total. The number of rotatable bonds is 6. The summed E-state index contributed by atoms with van der Waals surface area (Å²) in [5, 5.41) is 3.47. The number of fused-ring (bicyclic) bond motifs is 1. The zero-order chi connectivity index (χ0) is 22.8. The van der Waals surface area contributed by atoms with Crippen molar-refractivity contribution in [3.8, 4) is 0 Å². The molecule has 170 valence electrons. The molecule has 1 fully saturated rings. The molecule has 1 aliphatic rings. The molecule has 5 rings (SSSR count). The number of anilines is 3. The van der Waals surface area contributed by atoms with E-state index in [2.05, 4.69) is 27.0 Å². The van der Waals surface area contributed by atoms with Crippen molar-refractivity contribution < 1.29 is 0 Å². The fourth-order valence-corrected chi connectivity index (χ4v) is 4.51. The molecule has 2 aromatic heterocycles. The Kier molecular flexibility index (Phi) is 5.83. The van der Waals surface area contributed by atoms with Crippen LogP contribution in [0.1, 0.15) is 42.6 Å². The second kappa shape index (κ2) is 9.07. The lowest BCUT2D eigenvalue weighted by Crippen LogP contribution is -2.33. The van der Waals surface area contributed by atoms with Crippen molar-refractivity contribution >= 4 is 28.6 Å². The third-order valence-electron chi connectivity index (χ3n) is 6.39. The number of nitrogens with two attached hydrogens (primary N) is 3. The maximum Gasteiger partial charge on any atom is 0.226 e. The number of hydrogen-bond acceptors (Lipinski definition) is 7. The highest BCUT2D eigenvalue weighted by Gasteiger charge is 2.22. The van der Waals surface area contributed by atoms with Gasteiger partial charge >= 0.3 is 0 Å². The highest BCUT2D eigenvalue weighted by molar-refractivity contribution is 5.83. The number of nitrogens with one attached hydrogen (secondary N) is 1. The van der Waals surface area contributed by atoms with Gasteiger partial charge in [-0.15, -0.1) is 0 Å². The second-order valence-corrected chi connectivity index (χ2v) is 8.84. The van der Waals surface area contributed by atoms with Crippen molar-refractivity contribution in [2.45, 2.75) is 50.7 Å². The van der Waals surface area contributed by atoms with Crippen LogP contribution in [-0.2, 0) is 13.0 Å². The highest BCUT2D eigenvalue weighted by atomic mass is 15.2. The van der Waals surface area contributed by atoms with Crippen LogP contribution >= 0.6 is 0 Å². The average Bonchev–Trinajstić information content (AvgIpc) is 3.15. The Morgan fingerprint density at radius 3 is 2.36 bits per heavy atom. The van der Waals surface area contributed by atoms with Gasteiger partial charge in [0, 0.05) is 24.2 Å². The lowest BCUT2D eigenvalue weighted by molar-refractivity contribution is 0.410. The summed E-state index contributed by atoms with van der Waals surface area (Å²) in [5.74, 6) is 1.78. The van der Waals surface area contributed by atoms with Gasteiger partial charge in [-0.1, -0.05) is 48.5 Å². The topological polar surface area (TPSA) is 134 Å². The summed E-state index contributed by atoms with van der Waals surface area (Å²) < 4.78 is 2.12. The van der Waals surface area contributed by atoms with Gasteiger partial charge in [-0.25, -0.2) is 4.98 Å². The zero-order valence-electron chi connectivity index (χ0n) is 18.6. The molecule has 0 aliphatic heterocycles. The smallest absolute Gasteiger partial charge is 0.226 e. The van der Waals surface area contributed by atoms with Crippen LogP contribution in [0, 0.1) is 0 Å². The van der Waals surface area contributed by atoms with Crippen LogP contribution in [0.5, 0.6) is 0 Å². The number of hydrogen-bond donors (Lipinski definition) is 4. The minimum absolute atomic E-state index is 0.289. The van der Waals surface area contributed by atoms with Gasteiger partial charge in [-0.2, -0.15) is 9.97 Å². The number of imidazole rings is 1. The lowest BCUT2D eigenvalue weighted by atomic mass is 9.92. The maximum absolute atomic E-state index is 6.37. The van der Waals surface area contributed by atoms with Crippen molar-refractivity contribution in [2.24, 2.45) is 5.73 Å². The third kappa shape index (κ3) is 4.61. The minimum Gasteiger partial charge on any atom is -0.398 e. The van der Waals surface area contributed by atoms with E-state index in [0.717, 1.165) is 54.0 Å². The summed E-state index contributed by atoms with van der Waals surface area (Å²) in [5.41, 5.74) is 22.9. The fourth-order valence-electron chi connectivity index (χ4n) is 4.51. The van der Waals surface area contributed by atoms with Gasteiger partial charge in [-0.3, -0.25) is 0 Å². The Labute approximate surface area is 193 Å². The van der Waals surface area contributed by atoms with E-state index in [9.17, 15) is 0 Å². The standard InChI is InChI=1S/C25H30N8/c26-18-10-12-19(13-11-18)29-25-31-23(28)22-24(32-25)33(15-16-6-2-1-3-7-16)21(30-22)14-17-8-4-5-9-20(17)27/h1-9,18-19H,10-15,26-27H2,(H3,28,29,31,32). The third-order valence-corrected chi connectivity index (χ3v) is 6.39. The van der Waals surface area contributed by atoms with E-state index >= 15 is 0 Å². The predicted molar refractivity (Wildman–Crippen MR) is 133 cm³/mol. The Bertz CT molecular complexity index is 1240. The minimum atomic E-state index is 0.289. The molecule has 8 nitrogen and oxygen atoms in total. The van der Waals surface area contributed by atoms with E-state index in [1.807, 2.05) is 42.5 Å². The first-order valence-corrected chi connectivity index (χ1v) is 11.5. The van der Waals surface area contributed by atoms with Crippen LogP contribution in [0.3, 0.4) is 0 Å². The predicted octanol–water partition coefficient (Wildman–Crippen LogP) is 3.31. The number of benzene rings is 2. The highest BCUT2D eigenvalue weighted by Crippen LogP contribution is 2.26. The fraction of sp³-hybridized carbons (Fsp3) is 0.320. The van der Waals surface area contributed by atoms with Crippen LogP contribution in [0.4, 0.5) is 17.5 Å². The summed E-state index contributed by atoms with van der Waals surface area (Å²) in [6.45, 7) is 0.633. The normalized spacial score (nSPS) is 18.5. The molecule has 1 saturated carbocycles. The van der Waals surface area contributed by atoms with Crippen molar-refractivity contribution in [2.75, 3.05) is 16.8 Å². The molecule has 0 atom stereocenters. The molecular weight excluding hydrogens is 412 g/mol. The summed E-state index contributed by atoms with van der Waals surface area (Å²) in [7, 11) is 0. The van der Waals surface area contributed by atoms with E-state index in [1.165, 1.54) is 0 Å². The van der Waals surface area contributed by atoms with E-state index < -0.39 is 0 Å². The molecular formula is C25H30N8. The Balaban J connectivity index is 1.54. The molecule has 0 bridgehead atoms. The lowest BCUT2D eigenvalue weighted by Gasteiger charge is -2.26. The van der Waals surface area contributed by atoms with Crippen LogP contribution in [0.2, 0.25) is 0 Å². The van der Waals surface area contributed by atoms with Crippen LogP contribution in [0.25, 0.3) is 11.2 Å². The molecule has 0 amide bonds. The molecule has 0 saturated heterocycles. The van der Waals surface area contributed by atoms with Gasteiger partial charge in [0.1, 0.15) is 5.82 Å². The van der Waals surface area contributed by atoms with Crippen LogP contribution in [0.15, 0.2) is 54.6 Å². The van der Waals surface area contributed by atoms with E-state index in [1.54, 1.807) is 0 Å². The second-order valence-electron chi connectivity index (χ2n) is 8.84. The van der Waals surface area contributed by atoms with Gasteiger partial charge in [-0.05, 0) is 42.9 Å². The summed E-state index contributed by atoms with van der Waals surface area (Å²) >= 11 is 0. The summed E-state index contributed by atoms with van der Waals surface area (Å²) in [6, 6.07) is 18.7. The number of para-hydroxylation sites is 1. The van der Waals surface area contributed by atoms with Gasteiger partial charge in [0.15, 0.2) is 17.0 Å². The van der Waals surface area contributed by atoms with E-state index in [0.29, 0.717) is 36.3 Å². The van der Waals surface area contributed by atoms with Crippen molar-refractivity contribution in [1.82, 2.24) is 19.5 Å². The molecule has 1 aliphatic carbocycles. The van der Waals surface area contributed by atoms with E-state index in [4.69, 9.17) is 27.2 Å². The number of aromatic nitrogens is 4. The largest absolute Gasteiger partial charge is 0.398 e. The van der Waals surface area contributed by atoms with Crippen molar-refractivity contribution in [3.63, 3.8) is 0 Å². The van der Waals surface area contributed by atoms with Gasteiger partial charge in [0.25, 0.3) is 0 Å². The first-order valence-electron chi connectivity index (χ1n) is 11.5. The molecule has 0 unspecified atom stereocenters. The number of nitrogen functional groups attached to an aromatic ring is 2. The Morgan fingerprint density at radius 2 is 1.61 bits per heavy atom. The molecule has 33 heavy (non-hydrogen) atoms. The van der Waals surface area contributed by atoms with Gasteiger partial charge in [0.05, 0.1) is 6.54 Å². The van der Waals surface area contributed by atoms with Gasteiger partial charge in [0.2, 0.25) is 5.95 Å². The van der Waals surface area contributed by atoms with Crippen LogP contribution in [-0.4, -0.2) is 31.6 Å². The van der Waals surface area contributed by atoms with Crippen LogP contribution < -0.4 is 22.5 Å². The first-order chi connectivity index (χ1) is 16.1. The summed E-state index contributed by atoms with van der Waals surface area (Å²) in [4.78, 5) is 14.2. The molecule has 4 aromatic rings. The SMILES string of the molecule is Nc1ccccc1Cc1nc2c(N)nc(NC3CCC(N)CC3)nc2n1Cc1ccccc1. The summed E-state index contributed by atoms with van der Waals surface area (Å²) in [6.07, 6.45) is 4.60. The molecule has 2 aromatic carbocycles. The average molecular weight is 443 g/mol. The molecule has 0 radical (unpaired) electrons. The number of nitrogens with zero attached hydrogens (tertiary/aromatic N) is 4. The zero-order valence-corrected chi connectivity index (χ0v) is 18.6. The Hall–Kier alpha value is -3.65. The van der Waals surface area contributed by atoms with Gasteiger partial charge < -0.3 is 27.1 Å². The van der Waals surface area contributed by atoms with E-state index in [-0.39, 0.29) is 6.04 Å². The quantitative estimate of drug-likeness (QED) is 0.337. The maximum atomic E-state index is 6.37. The molecule has 0 spiro atoms. The van der Waals surface area contributed by atoms with Crippen molar-refractivity contribution in [1.29, 1.82) is 0 Å².